The highest BCUT2D eigenvalue weighted by Crippen LogP contribution is 2.27. The average Bonchev–Trinajstić information content (AvgIpc) is 2.91. The molecule has 0 unspecified atom stereocenters. The lowest BCUT2D eigenvalue weighted by molar-refractivity contribution is -0.124. The van der Waals surface area contributed by atoms with E-state index in [2.05, 4.69) is 5.32 Å². The number of furan rings is 1. The lowest BCUT2D eigenvalue weighted by Gasteiger charge is -2.36. The van der Waals surface area contributed by atoms with Crippen LogP contribution in [0.25, 0.3) is 0 Å². The van der Waals surface area contributed by atoms with E-state index in [9.17, 15) is 9.90 Å². The zero-order chi connectivity index (χ0) is 12.8. The lowest BCUT2D eigenvalue weighted by Crippen LogP contribution is -2.52. The van der Waals surface area contributed by atoms with Gasteiger partial charge in [-0.05, 0) is 25.0 Å². The Bertz CT molecular complexity index is 366. The Morgan fingerprint density at radius 2 is 2.17 bits per heavy atom. The normalized spacial score (nSPS) is 18.5. The van der Waals surface area contributed by atoms with Crippen LogP contribution in [0.5, 0.6) is 0 Å². The second-order valence-electron chi connectivity index (χ2n) is 5.13. The molecule has 0 aromatic carbocycles. The number of rotatable bonds is 5. The van der Waals surface area contributed by atoms with Gasteiger partial charge in [-0.15, -0.1) is 0 Å². The molecule has 1 amide bonds. The number of amides is 1. The zero-order valence-electron chi connectivity index (χ0n) is 10.7. The van der Waals surface area contributed by atoms with Crippen LogP contribution in [-0.2, 0) is 11.2 Å². The maximum absolute atomic E-state index is 11.9. The van der Waals surface area contributed by atoms with Gasteiger partial charge in [0.1, 0.15) is 5.76 Å². The molecule has 1 aliphatic rings. The Labute approximate surface area is 107 Å². The predicted octanol–water partition coefficient (Wildman–Crippen LogP) is 2.02. The molecule has 100 valence electrons. The molecule has 0 aliphatic heterocycles. The van der Waals surface area contributed by atoms with Gasteiger partial charge < -0.3 is 14.8 Å². The molecule has 1 heterocycles. The first kappa shape index (κ1) is 13.1. The van der Waals surface area contributed by atoms with Crippen LogP contribution in [0.1, 0.15) is 44.3 Å². The summed E-state index contributed by atoms with van der Waals surface area (Å²) in [5.41, 5.74) is -0.376. The predicted molar refractivity (Wildman–Crippen MR) is 68.1 cm³/mol. The van der Waals surface area contributed by atoms with E-state index in [4.69, 9.17) is 4.42 Å². The van der Waals surface area contributed by atoms with Crippen LogP contribution < -0.4 is 5.32 Å². The SMILES string of the molecule is O=C(CCc1ccco1)NC1(CO)CCCCC1. The minimum Gasteiger partial charge on any atom is -0.469 e. The van der Waals surface area contributed by atoms with Crippen molar-refractivity contribution in [1.82, 2.24) is 5.32 Å². The van der Waals surface area contributed by atoms with Crippen LogP contribution in [0.15, 0.2) is 22.8 Å². The summed E-state index contributed by atoms with van der Waals surface area (Å²) >= 11 is 0. The summed E-state index contributed by atoms with van der Waals surface area (Å²) in [5, 5.41) is 12.5. The van der Waals surface area contributed by atoms with Crippen LogP contribution in [0, 0.1) is 0 Å². The molecule has 4 heteroatoms. The summed E-state index contributed by atoms with van der Waals surface area (Å²) in [6.45, 7) is 0.0412. The van der Waals surface area contributed by atoms with Gasteiger partial charge in [-0.25, -0.2) is 0 Å². The van der Waals surface area contributed by atoms with Gasteiger partial charge in [-0.3, -0.25) is 4.79 Å². The maximum Gasteiger partial charge on any atom is 0.220 e. The molecule has 1 aliphatic carbocycles. The number of hydrogen-bond acceptors (Lipinski definition) is 3. The summed E-state index contributed by atoms with van der Waals surface area (Å²) < 4.78 is 5.20. The third-order valence-electron chi connectivity index (χ3n) is 3.70. The number of aryl methyl sites for hydroxylation is 1. The first-order valence-electron chi connectivity index (χ1n) is 6.68. The number of aliphatic hydroxyl groups is 1. The van der Waals surface area contributed by atoms with E-state index in [-0.39, 0.29) is 18.1 Å². The average molecular weight is 251 g/mol. The summed E-state index contributed by atoms with van der Waals surface area (Å²) in [6, 6.07) is 3.69. The van der Waals surface area contributed by atoms with Gasteiger partial charge in [0.05, 0.1) is 18.4 Å². The minimum absolute atomic E-state index is 0.00218. The van der Waals surface area contributed by atoms with Gasteiger partial charge in [0.25, 0.3) is 0 Å². The number of nitrogens with one attached hydrogen (secondary N) is 1. The monoisotopic (exact) mass is 251 g/mol. The summed E-state index contributed by atoms with van der Waals surface area (Å²) in [7, 11) is 0. The standard InChI is InChI=1S/C14H21NO3/c16-11-14(8-2-1-3-9-14)15-13(17)7-6-12-5-4-10-18-12/h4-5,10,16H,1-3,6-9,11H2,(H,15,17). The van der Waals surface area contributed by atoms with Crippen molar-refractivity contribution in [2.75, 3.05) is 6.61 Å². The van der Waals surface area contributed by atoms with Crippen LogP contribution in [0.3, 0.4) is 0 Å². The highest BCUT2D eigenvalue weighted by Gasteiger charge is 2.32. The van der Waals surface area contributed by atoms with Crippen molar-refractivity contribution in [2.45, 2.75) is 50.5 Å². The molecule has 0 atom stereocenters. The van der Waals surface area contributed by atoms with Crippen molar-refractivity contribution in [3.05, 3.63) is 24.2 Å². The Morgan fingerprint density at radius 1 is 1.39 bits per heavy atom. The molecular formula is C14H21NO3. The molecule has 0 saturated heterocycles. The third-order valence-corrected chi connectivity index (χ3v) is 3.70. The Kier molecular flexibility index (Phi) is 4.42. The molecule has 4 nitrogen and oxygen atoms in total. The van der Waals surface area contributed by atoms with E-state index >= 15 is 0 Å². The molecule has 0 radical (unpaired) electrons. The van der Waals surface area contributed by atoms with E-state index in [0.717, 1.165) is 31.4 Å². The summed E-state index contributed by atoms with van der Waals surface area (Å²) in [4.78, 5) is 11.9. The molecule has 2 N–H and O–H groups in total. The molecule has 0 bridgehead atoms. The smallest absolute Gasteiger partial charge is 0.220 e. The molecule has 0 spiro atoms. The second-order valence-corrected chi connectivity index (χ2v) is 5.13. The van der Waals surface area contributed by atoms with Crippen LogP contribution in [-0.4, -0.2) is 23.2 Å². The largest absolute Gasteiger partial charge is 0.469 e. The number of carbonyl (C=O) groups excluding carboxylic acids is 1. The minimum atomic E-state index is -0.376. The van der Waals surface area contributed by atoms with E-state index in [1.807, 2.05) is 12.1 Å². The van der Waals surface area contributed by atoms with E-state index in [0.29, 0.717) is 12.8 Å². The topological polar surface area (TPSA) is 62.5 Å². The van der Waals surface area contributed by atoms with Crippen molar-refractivity contribution >= 4 is 5.91 Å². The van der Waals surface area contributed by atoms with Crippen LogP contribution >= 0.6 is 0 Å². The molecule has 18 heavy (non-hydrogen) atoms. The van der Waals surface area contributed by atoms with Crippen molar-refractivity contribution in [1.29, 1.82) is 0 Å². The Balaban J connectivity index is 1.81. The van der Waals surface area contributed by atoms with E-state index < -0.39 is 0 Å². The quantitative estimate of drug-likeness (QED) is 0.841. The zero-order valence-corrected chi connectivity index (χ0v) is 10.7. The third kappa shape index (κ3) is 3.35. The molecule has 1 saturated carbocycles. The lowest BCUT2D eigenvalue weighted by atomic mass is 9.82. The Hall–Kier alpha value is -1.29. The fourth-order valence-electron chi connectivity index (χ4n) is 2.60. The first-order valence-corrected chi connectivity index (χ1v) is 6.68. The number of aliphatic hydroxyl groups excluding tert-OH is 1. The van der Waals surface area contributed by atoms with Crippen LogP contribution in [0.4, 0.5) is 0 Å². The molecular weight excluding hydrogens is 230 g/mol. The van der Waals surface area contributed by atoms with Crippen molar-refractivity contribution < 1.29 is 14.3 Å². The molecule has 2 rings (SSSR count). The second kappa shape index (κ2) is 6.05. The van der Waals surface area contributed by atoms with Gasteiger partial charge in [0, 0.05) is 12.8 Å². The number of carbonyl (C=O) groups is 1. The van der Waals surface area contributed by atoms with Gasteiger partial charge in [0.15, 0.2) is 0 Å². The highest BCUT2D eigenvalue weighted by atomic mass is 16.3. The van der Waals surface area contributed by atoms with Gasteiger partial charge >= 0.3 is 0 Å². The van der Waals surface area contributed by atoms with E-state index in [1.54, 1.807) is 6.26 Å². The van der Waals surface area contributed by atoms with Gasteiger partial charge in [0.2, 0.25) is 5.91 Å². The highest BCUT2D eigenvalue weighted by molar-refractivity contribution is 5.77. The van der Waals surface area contributed by atoms with Crippen LogP contribution in [0.2, 0.25) is 0 Å². The molecule has 1 fully saturated rings. The van der Waals surface area contributed by atoms with E-state index in [1.165, 1.54) is 6.42 Å². The van der Waals surface area contributed by atoms with Crippen molar-refractivity contribution in [3.63, 3.8) is 0 Å². The fourth-order valence-corrected chi connectivity index (χ4v) is 2.60. The molecule has 1 aromatic heterocycles. The maximum atomic E-state index is 11.9. The van der Waals surface area contributed by atoms with Gasteiger partial charge in [-0.2, -0.15) is 0 Å². The fraction of sp³-hybridized carbons (Fsp3) is 0.643. The first-order chi connectivity index (χ1) is 8.74. The van der Waals surface area contributed by atoms with Crippen molar-refractivity contribution in [3.8, 4) is 0 Å². The van der Waals surface area contributed by atoms with Gasteiger partial charge in [-0.1, -0.05) is 19.3 Å². The Morgan fingerprint density at radius 3 is 2.78 bits per heavy atom. The summed E-state index contributed by atoms with van der Waals surface area (Å²) in [6.07, 6.45) is 7.77. The van der Waals surface area contributed by atoms with Crippen molar-refractivity contribution in [2.24, 2.45) is 0 Å². The molecule has 1 aromatic rings. The summed E-state index contributed by atoms with van der Waals surface area (Å²) in [5.74, 6) is 0.828. The number of hydrogen-bond donors (Lipinski definition) is 2.